The molecule has 1 aromatic heterocycles. The fraction of sp³-hybridized carbons (Fsp3) is 0.500. The molecule has 1 amide bonds. The van der Waals surface area contributed by atoms with Crippen molar-refractivity contribution in [2.24, 2.45) is 0 Å². The van der Waals surface area contributed by atoms with Gasteiger partial charge in [0.2, 0.25) is 0 Å². The summed E-state index contributed by atoms with van der Waals surface area (Å²) in [6.07, 6.45) is 2.83. The molecule has 138 valence electrons. The molecule has 2 aliphatic heterocycles. The highest BCUT2D eigenvalue weighted by Crippen LogP contribution is 2.37. The molecule has 0 saturated carbocycles. The van der Waals surface area contributed by atoms with E-state index >= 15 is 0 Å². The predicted octanol–water partition coefficient (Wildman–Crippen LogP) is 1.92. The van der Waals surface area contributed by atoms with Crippen molar-refractivity contribution in [2.45, 2.75) is 37.8 Å². The number of benzene rings is 1. The van der Waals surface area contributed by atoms with Gasteiger partial charge in [-0.1, -0.05) is 30.3 Å². The number of hydrogen-bond donors (Lipinski definition) is 2. The van der Waals surface area contributed by atoms with Crippen LogP contribution in [0.5, 0.6) is 0 Å². The summed E-state index contributed by atoms with van der Waals surface area (Å²) in [5, 5.41) is 18.6. The van der Waals surface area contributed by atoms with E-state index in [2.05, 4.69) is 15.1 Å². The second-order valence-electron chi connectivity index (χ2n) is 7.49. The molecule has 0 bridgehead atoms. The largest absolute Gasteiger partial charge is 0.383 e. The highest BCUT2D eigenvalue weighted by atomic mass is 16.3. The number of rotatable bonds is 3. The van der Waals surface area contributed by atoms with E-state index < -0.39 is 5.60 Å². The van der Waals surface area contributed by atoms with Gasteiger partial charge in [0.05, 0.1) is 6.04 Å². The maximum atomic E-state index is 12.9. The third-order valence-electron chi connectivity index (χ3n) is 5.77. The van der Waals surface area contributed by atoms with Crippen LogP contribution < -0.4 is 0 Å². The van der Waals surface area contributed by atoms with Gasteiger partial charge in [-0.3, -0.25) is 14.8 Å². The zero-order chi connectivity index (χ0) is 18.1. The molecule has 3 heterocycles. The highest BCUT2D eigenvalue weighted by molar-refractivity contribution is 5.92. The molecule has 0 spiro atoms. The van der Waals surface area contributed by atoms with E-state index in [0.717, 1.165) is 37.2 Å². The maximum absolute atomic E-state index is 12.9. The summed E-state index contributed by atoms with van der Waals surface area (Å²) in [5.41, 5.74) is 1.35. The number of amides is 1. The molecule has 0 aliphatic carbocycles. The normalized spacial score (nSPS) is 27.0. The van der Waals surface area contributed by atoms with Crippen molar-refractivity contribution < 1.29 is 9.90 Å². The highest BCUT2D eigenvalue weighted by Gasteiger charge is 2.47. The van der Waals surface area contributed by atoms with Crippen LogP contribution in [0.3, 0.4) is 0 Å². The first-order chi connectivity index (χ1) is 12.6. The van der Waals surface area contributed by atoms with Crippen molar-refractivity contribution in [3.05, 3.63) is 53.3 Å². The molecule has 2 unspecified atom stereocenters. The van der Waals surface area contributed by atoms with Gasteiger partial charge >= 0.3 is 0 Å². The van der Waals surface area contributed by atoms with Gasteiger partial charge < -0.3 is 10.0 Å². The van der Waals surface area contributed by atoms with E-state index in [1.54, 1.807) is 6.07 Å². The van der Waals surface area contributed by atoms with Crippen molar-refractivity contribution in [3.8, 4) is 0 Å². The Labute approximate surface area is 153 Å². The zero-order valence-electron chi connectivity index (χ0n) is 15.2. The summed E-state index contributed by atoms with van der Waals surface area (Å²) < 4.78 is 0. The smallest absolute Gasteiger partial charge is 0.274 e. The number of aromatic amines is 1. The number of carbonyl (C=O) groups is 1. The maximum Gasteiger partial charge on any atom is 0.274 e. The average Bonchev–Trinajstić information content (AvgIpc) is 3.34. The fourth-order valence-corrected chi connectivity index (χ4v) is 4.33. The van der Waals surface area contributed by atoms with E-state index in [9.17, 15) is 9.90 Å². The Balaban J connectivity index is 1.62. The van der Waals surface area contributed by atoms with Crippen molar-refractivity contribution in [1.29, 1.82) is 0 Å². The third kappa shape index (κ3) is 3.04. The van der Waals surface area contributed by atoms with Gasteiger partial charge in [0.1, 0.15) is 11.3 Å². The van der Waals surface area contributed by atoms with Crippen LogP contribution in [0.15, 0.2) is 36.4 Å². The number of nitrogens with zero attached hydrogens (tertiary/aromatic N) is 3. The lowest BCUT2D eigenvalue weighted by atomic mass is 9.79. The quantitative estimate of drug-likeness (QED) is 0.883. The van der Waals surface area contributed by atoms with Crippen molar-refractivity contribution in [3.63, 3.8) is 0 Å². The Kier molecular flexibility index (Phi) is 4.54. The van der Waals surface area contributed by atoms with Crippen LogP contribution >= 0.6 is 0 Å². The average molecular weight is 354 g/mol. The fourth-order valence-electron chi connectivity index (χ4n) is 4.33. The number of aromatic nitrogens is 2. The molecule has 2 fully saturated rings. The lowest BCUT2D eigenvalue weighted by molar-refractivity contribution is -0.0878. The van der Waals surface area contributed by atoms with Gasteiger partial charge in [0, 0.05) is 18.8 Å². The van der Waals surface area contributed by atoms with Crippen LogP contribution in [0.4, 0.5) is 0 Å². The number of likely N-dealkylation sites (tertiary alicyclic amines) is 2. The number of aryl methyl sites for hydroxylation is 1. The molecule has 2 aromatic rings. The Bertz CT molecular complexity index is 769. The third-order valence-corrected chi connectivity index (χ3v) is 5.77. The van der Waals surface area contributed by atoms with Crippen LogP contribution in [0, 0.1) is 6.92 Å². The number of aliphatic hydroxyl groups is 1. The molecule has 2 atom stereocenters. The minimum Gasteiger partial charge on any atom is -0.383 e. The van der Waals surface area contributed by atoms with Crippen LogP contribution in [0.25, 0.3) is 0 Å². The Morgan fingerprint density at radius 1 is 1.23 bits per heavy atom. The summed E-state index contributed by atoms with van der Waals surface area (Å²) in [5.74, 6) is -0.0614. The zero-order valence-corrected chi connectivity index (χ0v) is 15.2. The van der Waals surface area contributed by atoms with Crippen LogP contribution in [-0.2, 0) is 5.60 Å². The molecule has 2 saturated heterocycles. The van der Waals surface area contributed by atoms with E-state index in [0.29, 0.717) is 25.2 Å². The molecule has 2 aliphatic rings. The standard InChI is InChI=1S/C20H26N4O2/c1-15-13-17(22-21-15)19(25)24-12-9-20(26,16-7-3-2-4-8-16)18(14-24)23-10-5-6-11-23/h2-4,7-8,13,18,26H,5-6,9-12,14H2,1H3,(H,21,22). The minimum atomic E-state index is -0.927. The molecular weight excluding hydrogens is 328 g/mol. The number of piperidine rings is 1. The van der Waals surface area contributed by atoms with Gasteiger partial charge in [-0.15, -0.1) is 0 Å². The molecular formula is C20H26N4O2. The second-order valence-corrected chi connectivity index (χ2v) is 7.49. The van der Waals surface area contributed by atoms with Crippen molar-refractivity contribution in [2.75, 3.05) is 26.2 Å². The van der Waals surface area contributed by atoms with Crippen LogP contribution in [-0.4, -0.2) is 63.2 Å². The number of H-pyrrole nitrogens is 1. The SMILES string of the molecule is Cc1cc(C(=O)N2CCC(O)(c3ccccc3)C(N3CCCC3)C2)n[nH]1. The van der Waals surface area contributed by atoms with E-state index in [1.807, 2.05) is 42.2 Å². The van der Waals surface area contributed by atoms with Gasteiger partial charge in [-0.25, -0.2) is 0 Å². The van der Waals surface area contributed by atoms with Crippen LogP contribution in [0.2, 0.25) is 0 Å². The summed E-state index contributed by atoms with van der Waals surface area (Å²) in [6.45, 7) is 4.89. The van der Waals surface area contributed by atoms with Gasteiger partial charge in [-0.2, -0.15) is 5.10 Å². The lowest BCUT2D eigenvalue weighted by Crippen LogP contribution is -2.61. The molecule has 6 heteroatoms. The molecule has 6 nitrogen and oxygen atoms in total. The van der Waals surface area contributed by atoms with E-state index in [1.165, 1.54) is 0 Å². The first-order valence-electron chi connectivity index (χ1n) is 9.41. The Morgan fingerprint density at radius 3 is 2.62 bits per heavy atom. The van der Waals surface area contributed by atoms with Gasteiger partial charge in [0.15, 0.2) is 0 Å². The van der Waals surface area contributed by atoms with E-state index in [4.69, 9.17) is 0 Å². The van der Waals surface area contributed by atoms with Crippen LogP contribution in [0.1, 0.15) is 41.0 Å². The molecule has 1 aromatic carbocycles. The molecule has 26 heavy (non-hydrogen) atoms. The monoisotopic (exact) mass is 354 g/mol. The topological polar surface area (TPSA) is 72.5 Å². The first-order valence-corrected chi connectivity index (χ1v) is 9.41. The Hall–Kier alpha value is -2.18. The molecule has 4 rings (SSSR count). The molecule has 2 N–H and O–H groups in total. The van der Waals surface area contributed by atoms with E-state index in [-0.39, 0.29) is 11.9 Å². The summed E-state index contributed by atoms with van der Waals surface area (Å²) in [4.78, 5) is 17.1. The van der Waals surface area contributed by atoms with Gasteiger partial charge in [0.25, 0.3) is 5.91 Å². The first kappa shape index (κ1) is 17.2. The number of hydrogen-bond acceptors (Lipinski definition) is 4. The summed E-state index contributed by atoms with van der Waals surface area (Å²) >= 11 is 0. The second kappa shape index (κ2) is 6.85. The predicted molar refractivity (Wildman–Crippen MR) is 98.8 cm³/mol. The van der Waals surface area contributed by atoms with Crippen molar-refractivity contribution >= 4 is 5.91 Å². The Morgan fingerprint density at radius 2 is 1.96 bits per heavy atom. The number of nitrogens with one attached hydrogen (secondary N) is 1. The van der Waals surface area contributed by atoms with Gasteiger partial charge in [-0.05, 0) is 50.9 Å². The van der Waals surface area contributed by atoms with Crippen molar-refractivity contribution in [1.82, 2.24) is 20.0 Å². The number of carbonyl (C=O) groups excluding carboxylic acids is 1. The molecule has 0 radical (unpaired) electrons. The minimum absolute atomic E-state index is 0.0614. The lowest BCUT2D eigenvalue weighted by Gasteiger charge is -2.48. The summed E-state index contributed by atoms with van der Waals surface area (Å²) in [6, 6.07) is 11.6. The summed E-state index contributed by atoms with van der Waals surface area (Å²) in [7, 11) is 0.